The molecule has 0 atom stereocenters. The van der Waals surface area contributed by atoms with E-state index in [1.54, 1.807) is 36.5 Å². The van der Waals surface area contributed by atoms with Crippen molar-refractivity contribution in [3.63, 3.8) is 0 Å². The van der Waals surface area contributed by atoms with Gasteiger partial charge in [0.05, 0.1) is 6.54 Å². The summed E-state index contributed by atoms with van der Waals surface area (Å²) in [5.41, 5.74) is 1.84. The first-order valence-corrected chi connectivity index (χ1v) is 8.19. The van der Waals surface area contributed by atoms with Crippen LogP contribution in [0, 0.1) is 17.1 Å². The van der Waals surface area contributed by atoms with Crippen LogP contribution in [-0.2, 0) is 6.54 Å². The molecule has 6 heteroatoms. The molecule has 0 saturated carbocycles. The third-order valence-electron chi connectivity index (χ3n) is 3.83. The molecule has 3 aromatic rings. The van der Waals surface area contributed by atoms with Crippen molar-refractivity contribution in [2.45, 2.75) is 6.54 Å². The summed E-state index contributed by atoms with van der Waals surface area (Å²) in [4.78, 5) is 12.1. The molecule has 0 fully saturated rings. The van der Waals surface area contributed by atoms with Gasteiger partial charge in [0.25, 0.3) is 5.56 Å². The standard InChI is InChI=1S/C20H14ClFN2O2/c21-17-5-1-16(19(22)11-17)13-24-12-15(4-8-20(24)25)14-2-6-18(7-3-14)26-10-9-23/h1-8,11-12H,10,13H2. The molecule has 2 aromatic carbocycles. The number of nitrogens with zero attached hydrogens (tertiary/aromatic N) is 2. The van der Waals surface area contributed by atoms with Gasteiger partial charge in [0.1, 0.15) is 17.6 Å². The Hall–Kier alpha value is -3.10. The molecule has 3 rings (SSSR count). The van der Waals surface area contributed by atoms with Gasteiger partial charge in [-0.05, 0) is 41.5 Å². The minimum absolute atomic E-state index is 0.0170. The van der Waals surface area contributed by atoms with Gasteiger partial charge in [-0.3, -0.25) is 4.79 Å². The molecule has 0 unspecified atom stereocenters. The fourth-order valence-electron chi connectivity index (χ4n) is 2.52. The Kier molecular flexibility index (Phi) is 5.35. The van der Waals surface area contributed by atoms with Crippen molar-refractivity contribution in [3.8, 4) is 22.9 Å². The fourth-order valence-corrected chi connectivity index (χ4v) is 2.68. The van der Waals surface area contributed by atoms with Gasteiger partial charge in [0, 0.05) is 22.8 Å². The maximum absolute atomic E-state index is 14.0. The molecule has 0 amide bonds. The predicted molar refractivity (Wildman–Crippen MR) is 97.8 cm³/mol. The molecule has 0 aliphatic carbocycles. The van der Waals surface area contributed by atoms with Crippen molar-refractivity contribution in [1.29, 1.82) is 5.26 Å². The van der Waals surface area contributed by atoms with Crippen LogP contribution in [0.1, 0.15) is 5.56 Å². The van der Waals surface area contributed by atoms with E-state index in [1.807, 2.05) is 18.2 Å². The first-order chi connectivity index (χ1) is 12.6. The zero-order chi connectivity index (χ0) is 18.5. The number of ether oxygens (including phenoxy) is 1. The average molecular weight is 369 g/mol. The van der Waals surface area contributed by atoms with Crippen molar-refractivity contribution in [2.75, 3.05) is 6.61 Å². The minimum Gasteiger partial charge on any atom is -0.479 e. The Morgan fingerprint density at radius 2 is 1.81 bits per heavy atom. The molecule has 0 N–H and O–H groups in total. The normalized spacial score (nSPS) is 10.3. The SMILES string of the molecule is N#CCOc1ccc(-c2ccc(=O)n(Cc3ccc(Cl)cc3F)c2)cc1. The summed E-state index contributed by atoms with van der Waals surface area (Å²) in [5.74, 6) is 0.139. The first-order valence-electron chi connectivity index (χ1n) is 7.81. The highest BCUT2D eigenvalue weighted by Crippen LogP contribution is 2.22. The topological polar surface area (TPSA) is 55.0 Å². The highest BCUT2D eigenvalue weighted by molar-refractivity contribution is 6.30. The van der Waals surface area contributed by atoms with Crippen LogP contribution in [0.4, 0.5) is 4.39 Å². The lowest BCUT2D eigenvalue weighted by atomic mass is 10.1. The van der Waals surface area contributed by atoms with Gasteiger partial charge < -0.3 is 9.30 Å². The van der Waals surface area contributed by atoms with E-state index in [1.165, 1.54) is 16.7 Å². The lowest BCUT2D eigenvalue weighted by Gasteiger charge is -2.10. The summed E-state index contributed by atoms with van der Waals surface area (Å²) in [6, 6.07) is 16.6. The highest BCUT2D eigenvalue weighted by atomic mass is 35.5. The maximum Gasteiger partial charge on any atom is 0.250 e. The minimum atomic E-state index is -0.450. The molecule has 0 radical (unpaired) electrons. The van der Waals surface area contributed by atoms with Crippen molar-refractivity contribution >= 4 is 11.6 Å². The van der Waals surface area contributed by atoms with Gasteiger partial charge in [0.2, 0.25) is 0 Å². The maximum atomic E-state index is 14.0. The number of hydrogen-bond donors (Lipinski definition) is 0. The largest absolute Gasteiger partial charge is 0.479 e. The summed E-state index contributed by atoms with van der Waals surface area (Å²) in [5, 5.41) is 8.84. The number of halogens is 2. The molecule has 1 heterocycles. The Labute approximate surface area is 154 Å². The Morgan fingerprint density at radius 1 is 1.08 bits per heavy atom. The zero-order valence-corrected chi connectivity index (χ0v) is 14.4. The van der Waals surface area contributed by atoms with Crippen LogP contribution in [0.2, 0.25) is 5.02 Å². The number of hydrogen-bond acceptors (Lipinski definition) is 3. The van der Waals surface area contributed by atoms with E-state index < -0.39 is 5.82 Å². The second kappa shape index (κ2) is 7.85. The molecule has 0 aliphatic heterocycles. The van der Waals surface area contributed by atoms with E-state index >= 15 is 0 Å². The Bertz CT molecular complexity index is 1020. The molecular weight excluding hydrogens is 355 g/mol. The molecule has 4 nitrogen and oxygen atoms in total. The van der Waals surface area contributed by atoms with Crippen LogP contribution in [0.25, 0.3) is 11.1 Å². The van der Waals surface area contributed by atoms with Crippen LogP contribution in [0.15, 0.2) is 65.6 Å². The van der Waals surface area contributed by atoms with Gasteiger partial charge in [0.15, 0.2) is 6.61 Å². The van der Waals surface area contributed by atoms with Gasteiger partial charge in [-0.25, -0.2) is 4.39 Å². The Balaban J connectivity index is 1.88. The fraction of sp³-hybridized carbons (Fsp3) is 0.100. The highest BCUT2D eigenvalue weighted by Gasteiger charge is 2.07. The second-order valence-electron chi connectivity index (χ2n) is 5.59. The molecular formula is C20H14ClFN2O2. The summed E-state index contributed by atoms with van der Waals surface area (Å²) in [6.07, 6.45) is 1.68. The van der Waals surface area contributed by atoms with Crippen LogP contribution < -0.4 is 10.3 Å². The van der Waals surface area contributed by atoms with E-state index in [2.05, 4.69) is 0 Å². The number of aromatic nitrogens is 1. The molecule has 0 bridgehead atoms. The predicted octanol–water partition coefficient (Wildman–Crippen LogP) is 4.26. The van der Waals surface area contributed by atoms with Crippen LogP contribution >= 0.6 is 11.6 Å². The zero-order valence-electron chi connectivity index (χ0n) is 13.7. The van der Waals surface area contributed by atoms with Crippen molar-refractivity contribution in [1.82, 2.24) is 4.57 Å². The molecule has 130 valence electrons. The van der Waals surface area contributed by atoms with Crippen molar-refractivity contribution in [3.05, 3.63) is 87.6 Å². The van der Waals surface area contributed by atoms with E-state index in [0.717, 1.165) is 11.1 Å². The van der Waals surface area contributed by atoms with Crippen LogP contribution in [-0.4, -0.2) is 11.2 Å². The van der Waals surface area contributed by atoms with Gasteiger partial charge in [-0.2, -0.15) is 5.26 Å². The number of rotatable bonds is 5. The van der Waals surface area contributed by atoms with Crippen molar-refractivity contribution in [2.24, 2.45) is 0 Å². The van der Waals surface area contributed by atoms with Gasteiger partial charge >= 0.3 is 0 Å². The Morgan fingerprint density at radius 3 is 2.50 bits per heavy atom. The molecule has 0 saturated heterocycles. The summed E-state index contributed by atoms with van der Waals surface area (Å²) >= 11 is 5.76. The van der Waals surface area contributed by atoms with Gasteiger partial charge in [-0.1, -0.05) is 29.8 Å². The smallest absolute Gasteiger partial charge is 0.250 e. The van der Waals surface area contributed by atoms with E-state index in [-0.39, 0.29) is 18.7 Å². The average Bonchev–Trinajstić information content (AvgIpc) is 2.64. The van der Waals surface area contributed by atoms with Gasteiger partial charge in [-0.15, -0.1) is 0 Å². The third kappa shape index (κ3) is 4.11. The van der Waals surface area contributed by atoms with Crippen LogP contribution in [0.3, 0.4) is 0 Å². The number of pyridine rings is 1. The quantitative estimate of drug-likeness (QED) is 0.676. The molecule has 0 aliphatic rings. The van der Waals surface area contributed by atoms with E-state index in [4.69, 9.17) is 21.6 Å². The second-order valence-corrected chi connectivity index (χ2v) is 6.03. The summed E-state index contributed by atoms with van der Waals surface area (Å²) in [7, 11) is 0. The third-order valence-corrected chi connectivity index (χ3v) is 4.07. The summed E-state index contributed by atoms with van der Waals surface area (Å²) in [6.45, 7) is 0.0932. The number of benzene rings is 2. The lowest BCUT2D eigenvalue weighted by Crippen LogP contribution is -2.19. The summed E-state index contributed by atoms with van der Waals surface area (Å²) < 4.78 is 20.7. The number of nitriles is 1. The molecule has 26 heavy (non-hydrogen) atoms. The first kappa shape index (κ1) is 17.7. The van der Waals surface area contributed by atoms with Crippen LogP contribution in [0.5, 0.6) is 5.75 Å². The molecule has 1 aromatic heterocycles. The van der Waals surface area contributed by atoms with E-state index in [9.17, 15) is 9.18 Å². The van der Waals surface area contributed by atoms with E-state index in [0.29, 0.717) is 16.3 Å². The lowest BCUT2D eigenvalue weighted by molar-refractivity contribution is 0.368. The van der Waals surface area contributed by atoms with Crippen molar-refractivity contribution < 1.29 is 9.13 Å². The monoisotopic (exact) mass is 368 g/mol. The molecule has 0 spiro atoms.